The summed E-state index contributed by atoms with van der Waals surface area (Å²) in [5.41, 5.74) is 3.03. The summed E-state index contributed by atoms with van der Waals surface area (Å²) < 4.78 is 7.87. The summed E-state index contributed by atoms with van der Waals surface area (Å²) in [7, 11) is 1.60. The van der Waals surface area contributed by atoms with Gasteiger partial charge < -0.3 is 24.8 Å². The largest absolute Gasteiger partial charge is 0.494 e. The number of pyridine rings is 1. The van der Waals surface area contributed by atoms with E-state index in [0.717, 1.165) is 23.6 Å². The minimum atomic E-state index is -0.517. The topological polar surface area (TPSA) is 71.4 Å². The van der Waals surface area contributed by atoms with Crippen LogP contribution in [0.4, 0.5) is 11.4 Å². The zero-order chi connectivity index (χ0) is 24.5. The summed E-state index contributed by atoms with van der Waals surface area (Å²) in [6.45, 7) is 8.60. The fraction of sp³-hybridized carbons (Fsp3) is 0.346. The maximum Gasteiger partial charge on any atom is 0.229 e. The van der Waals surface area contributed by atoms with Gasteiger partial charge in [-0.05, 0) is 55.5 Å². The van der Waals surface area contributed by atoms with Crippen LogP contribution in [0.15, 0.2) is 60.9 Å². The SMILES string of the molecule is CCn1cccc1[C@H]1[C@H](c2ccccn2)NC(=S)N1c1ccc(NC(=O)C(C)(C)C)c(OC)c1. The van der Waals surface area contributed by atoms with Crippen LogP contribution in [-0.4, -0.2) is 27.7 Å². The molecule has 0 unspecified atom stereocenters. The molecule has 1 fully saturated rings. The molecule has 8 heteroatoms. The van der Waals surface area contributed by atoms with Gasteiger partial charge in [-0.2, -0.15) is 0 Å². The van der Waals surface area contributed by atoms with Crippen molar-refractivity contribution >= 4 is 34.6 Å². The van der Waals surface area contributed by atoms with Gasteiger partial charge in [-0.3, -0.25) is 9.78 Å². The highest BCUT2D eigenvalue weighted by Crippen LogP contribution is 2.43. The Labute approximate surface area is 206 Å². The minimum absolute atomic E-state index is 0.0780. The molecule has 0 aliphatic carbocycles. The Morgan fingerprint density at radius 1 is 1.21 bits per heavy atom. The van der Waals surface area contributed by atoms with Crippen molar-refractivity contribution in [2.75, 3.05) is 17.3 Å². The number of benzene rings is 1. The lowest BCUT2D eigenvalue weighted by Crippen LogP contribution is -2.30. The van der Waals surface area contributed by atoms with E-state index in [1.807, 2.05) is 57.2 Å². The number of ether oxygens (including phenoxy) is 1. The van der Waals surface area contributed by atoms with Crippen LogP contribution in [0, 0.1) is 5.41 Å². The standard InChI is InChI=1S/C26H31N5O2S/c1-6-30-15-9-11-20(30)23-22(19-10-7-8-14-27-19)29-25(34)31(23)17-12-13-18(21(16-17)33-5)28-24(32)26(2,3)4/h7-16,22-23H,6H2,1-5H3,(H,28,32)(H,29,34)/t22-,23-/m0/s1. The molecule has 178 valence electrons. The number of aromatic nitrogens is 2. The van der Waals surface area contributed by atoms with Gasteiger partial charge in [0.15, 0.2) is 5.11 Å². The van der Waals surface area contributed by atoms with Crippen molar-refractivity contribution in [1.82, 2.24) is 14.9 Å². The fourth-order valence-electron chi connectivity index (χ4n) is 4.16. The molecule has 7 nitrogen and oxygen atoms in total. The molecule has 0 radical (unpaired) electrons. The summed E-state index contributed by atoms with van der Waals surface area (Å²) in [4.78, 5) is 19.3. The first-order valence-corrected chi connectivity index (χ1v) is 11.8. The van der Waals surface area contributed by atoms with E-state index in [4.69, 9.17) is 17.0 Å². The first-order chi connectivity index (χ1) is 16.2. The maximum absolute atomic E-state index is 12.6. The van der Waals surface area contributed by atoms with Crippen molar-refractivity contribution in [3.05, 3.63) is 72.3 Å². The van der Waals surface area contributed by atoms with E-state index in [2.05, 4.69) is 50.3 Å². The average Bonchev–Trinajstić information content (AvgIpc) is 3.43. The molecule has 1 saturated heterocycles. The highest BCUT2D eigenvalue weighted by molar-refractivity contribution is 7.80. The van der Waals surface area contributed by atoms with Crippen molar-refractivity contribution in [2.45, 2.75) is 46.3 Å². The summed E-state index contributed by atoms with van der Waals surface area (Å²) in [6, 6.07) is 15.6. The molecule has 0 bridgehead atoms. The quantitative estimate of drug-likeness (QED) is 0.483. The van der Waals surface area contributed by atoms with E-state index >= 15 is 0 Å². The third-order valence-electron chi connectivity index (χ3n) is 6.00. The number of anilines is 2. The Balaban J connectivity index is 1.77. The number of carbonyl (C=O) groups excluding carboxylic acids is 1. The Hall–Kier alpha value is -3.39. The molecule has 2 atom stereocenters. The van der Waals surface area contributed by atoms with Gasteiger partial charge in [-0.25, -0.2) is 0 Å². The summed E-state index contributed by atoms with van der Waals surface area (Å²) in [5.74, 6) is 0.495. The number of aryl methyl sites for hydroxylation is 1. The minimum Gasteiger partial charge on any atom is -0.494 e. The van der Waals surface area contributed by atoms with Gasteiger partial charge in [0.25, 0.3) is 0 Å². The van der Waals surface area contributed by atoms with Crippen molar-refractivity contribution in [3.8, 4) is 5.75 Å². The predicted octanol–water partition coefficient (Wildman–Crippen LogP) is 5.07. The Bertz CT molecular complexity index is 1190. The third kappa shape index (κ3) is 4.50. The lowest BCUT2D eigenvalue weighted by Gasteiger charge is -2.29. The molecule has 2 aromatic heterocycles. The molecule has 3 heterocycles. The van der Waals surface area contributed by atoms with Crippen molar-refractivity contribution < 1.29 is 9.53 Å². The molecular formula is C26H31N5O2S. The molecule has 1 amide bonds. The first kappa shape index (κ1) is 23.8. The van der Waals surface area contributed by atoms with Gasteiger partial charge in [0, 0.05) is 41.8 Å². The van der Waals surface area contributed by atoms with Gasteiger partial charge >= 0.3 is 0 Å². The summed E-state index contributed by atoms with van der Waals surface area (Å²) >= 11 is 5.83. The predicted molar refractivity (Wildman–Crippen MR) is 139 cm³/mol. The van der Waals surface area contributed by atoms with E-state index in [9.17, 15) is 4.79 Å². The van der Waals surface area contributed by atoms with Gasteiger partial charge in [0.05, 0.1) is 24.5 Å². The first-order valence-electron chi connectivity index (χ1n) is 11.4. The number of hydrogen-bond acceptors (Lipinski definition) is 4. The molecule has 1 aromatic carbocycles. The normalized spacial score (nSPS) is 18.0. The van der Waals surface area contributed by atoms with Gasteiger partial charge in [0.2, 0.25) is 5.91 Å². The Morgan fingerprint density at radius 3 is 2.65 bits per heavy atom. The monoisotopic (exact) mass is 477 g/mol. The van der Waals surface area contributed by atoms with Crippen molar-refractivity contribution in [1.29, 1.82) is 0 Å². The number of thiocarbonyl (C=S) groups is 1. The van der Waals surface area contributed by atoms with Crippen LogP contribution >= 0.6 is 12.2 Å². The number of nitrogens with zero attached hydrogens (tertiary/aromatic N) is 3. The molecule has 1 aliphatic rings. The summed E-state index contributed by atoms with van der Waals surface area (Å²) in [5, 5.41) is 7.07. The van der Waals surface area contributed by atoms with Gasteiger partial charge in [-0.1, -0.05) is 26.8 Å². The summed E-state index contributed by atoms with van der Waals surface area (Å²) in [6.07, 6.45) is 3.88. The number of nitrogens with one attached hydrogen (secondary N) is 2. The Morgan fingerprint density at radius 2 is 2.00 bits per heavy atom. The van der Waals surface area contributed by atoms with Crippen LogP contribution in [0.1, 0.15) is 51.2 Å². The zero-order valence-corrected chi connectivity index (χ0v) is 21.0. The van der Waals surface area contributed by atoms with Crippen LogP contribution in [-0.2, 0) is 11.3 Å². The highest BCUT2D eigenvalue weighted by atomic mass is 32.1. The van der Waals surface area contributed by atoms with E-state index < -0.39 is 5.41 Å². The van der Waals surface area contributed by atoms with E-state index in [1.165, 1.54) is 0 Å². The van der Waals surface area contributed by atoms with Gasteiger partial charge in [0.1, 0.15) is 11.8 Å². The van der Waals surface area contributed by atoms with Crippen LogP contribution in [0.2, 0.25) is 0 Å². The van der Waals surface area contributed by atoms with Crippen LogP contribution in [0.25, 0.3) is 0 Å². The average molecular weight is 478 g/mol. The molecule has 0 spiro atoms. The lowest BCUT2D eigenvalue weighted by atomic mass is 9.95. The molecular weight excluding hydrogens is 446 g/mol. The second kappa shape index (κ2) is 9.46. The molecule has 3 aromatic rings. The smallest absolute Gasteiger partial charge is 0.229 e. The molecule has 0 saturated carbocycles. The van der Waals surface area contributed by atoms with Crippen molar-refractivity contribution in [2.24, 2.45) is 5.41 Å². The third-order valence-corrected chi connectivity index (χ3v) is 6.31. The maximum atomic E-state index is 12.6. The van der Waals surface area contributed by atoms with Crippen LogP contribution in [0.3, 0.4) is 0 Å². The fourth-order valence-corrected chi connectivity index (χ4v) is 4.51. The molecule has 1 aliphatic heterocycles. The Kier molecular flexibility index (Phi) is 6.61. The van der Waals surface area contributed by atoms with E-state index in [1.54, 1.807) is 13.3 Å². The van der Waals surface area contributed by atoms with E-state index in [-0.39, 0.29) is 18.0 Å². The van der Waals surface area contributed by atoms with Crippen LogP contribution < -0.4 is 20.3 Å². The number of methoxy groups -OCH3 is 1. The molecule has 34 heavy (non-hydrogen) atoms. The van der Waals surface area contributed by atoms with E-state index in [0.29, 0.717) is 16.5 Å². The highest BCUT2D eigenvalue weighted by Gasteiger charge is 2.42. The number of hydrogen-bond donors (Lipinski definition) is 2. The molecule has 4 rings (SSSR count). The second-order valence-electron chi connectivity index (χ2n) is 9.30. The number of rotatable bonds is 6. The van der Waals surface area contributed by atoms with Crippen molar-refractivity contribution in [3.63, 3.8) is 0 Å². The second-order valence-corrected chi connectivity index (χ2v) is 9.69. The number of carbonyl (C=O) groups is 1. The molecule has 2 N–H and O–H groups in total. The zero-order valence-electron chi connectivity index (χ0n) is 20.2. The van der Waals surface area contributed by atoms with Crippen LogP contribution in [0.5, 0.6) is 5.75 Å². The lowest BCUT2D eigenvalue weighted by molar-refractivity contribution is -0.123. The number of amides is 1. The van der Waals surface area contributed by atoms with Gasteiger partial charge in [-0.15, -0.1) is 0 Å².